The zero-order chi connectivity index (χ0) is 24.2. The smallest absolute Gasteiger partial charge is 0.262 e. The van der Waals surface area contributed by atoms with E-state index in [9.17, 15) is 14.4 Å². The normalized spacial score (nSPS) is 14.3. The highest BCUT2D eigenvalue weighted by atomic mass is 35.5. The van der Waals surface area contributed by atoms with Gasteiger partial charge in [-0.05, 0) is 37.1 Å². The highest BCUT2D eigenvalue weighted by molar-refractivity contribution is 7.20. The second-order valence-corrected chi connectivity index (χ2v) is 9.70. The Labute approximate surface area is 205 Å². The zero-order valence-corrected chi connectivity index (χ0v) is 20.6. The molecule has 2 amide bonds. The van der Waals surface area contributed by atoms with Crippen molar-refractivity contribution < 1.29 is 19.2 Å². The number of nitrogens with one attached hydrogen (secondary N) is 3. The lowest BCUT2D eigenvalue weighted by Crippen LogP contribution is -3.14. The summed E-state index contributed by atoms with van der Waals surface area (Å²) in [5.74, 6) is -0.590. The second-order valence-electron chi connectivity index (χ2n) is 8.29. The van der Waals surface area contributed by atoms with Gasteiger partial charge in [-0.3, -0.25) is 19.0 Å². The van der Waals surface area contributed by atoms with Crippen molar-refractivity contribution in [2.45, 2.75) is 20.4 Å². The molecule has 4 rings (SSSR count). The van der Waals surface area contributed by atoms with E-state index in [4.69, 9.17) is 16.3 Å². The molecule has 1 aliphatic rings. The maximum Gasteiger partial charge on any atom is 0.262 e. The number of quaternary nitrogens is 1. The molecule has 3 heterocycles. The van der Waals surface area contributed by atoms with Gasteiger partial charge in [0.2, 0.25) is 5.91 Å². The van der Waals surface area contributed by atoms with Crippen molar-refractivity contribution >= 4 is 50.7 Å². The summed E-state index contributed by atoms with van der Waals surface area (Å²) in [4.78, 5) is 45.0. The Morgan fingerprint density at radius 2 is 2.03 bits per heavy atom. The number of thiophene rings is 1. The highest BCUT2D eigenvalue weighted by Gasteiger charge is 2.21. The first-order valence-electron chi connectivity index (χ1n) is 11.1. The van der Waals surface area contributed by atoms with Crippen LogP contribution in [0.1, 0.15) is 20.8 Å². The second kappa shape index (κ2) is 10.6. The fourth-order valence-corrected chi connectivity index (χ4v) is 5.09. The number of hydrogen-bond acceptors (Lipinski definition) is 6. The monoisotopic (exact) mass is 504 g/mol. The van der Waals surface area contributed by atoms with Gasteiger partial charge in [0.15, 0.2) is 0 Å². The minimum Gasteiger partial charge on any atom is -0.370 e. The molecule has 0 saturated carbocycles. The molecule has 3 N–H and O–H groups in total. The Kier molecular flexibility index (Phi) is 7.62. The average Bonchev–Trinajstić information content (AvgIpc) is 3.16. The van der Waals surface area contributed by atoms with Gasteiger partial charge in [0.1, 0.15) is 24.5 Å². The number of benzene rings is 1. The number of rotatable bonds is 7. The van der Waals surface area contributed by atoms with Crippen LogP contribution in [0.25, 0.3) is 10.2 Å². The summed E-state index contributed by atoms with van der Waals surface area (Å²) >= 11 is 7.30. The third kappa shape index (κ3) is 5.47. The summed E-state index contributed by atoms with van der Waals surface area (Å²) in [6.07, 6.45) is 1.34. The minimum atomic E-state index is -0.375. The Morgan fingerprint density at radius 3 is 2.76 bits per heavy atom. The van der Waals surface area contributed by atoms with Gasteiger partial charge in [-0.15, -0.1) is 11.3 Å². The summed E-state index contributed by atoms with van der Waals surface area (Å²) in [7, 11) is 0. The van der Waals surface area contributed by atoms with E-state index in [1.165, 1.54) is 27.1 Å². The number of nitrogens with zero attached hydrogens (tertiary/aromatic N) is 2. The number of amides is 2. The van der Waals surface area contributed by atoms with Crippen molar-refractivity contribution in [1.82, 2.24) is 14.9 Å². The molecule has 1 fully saturated rings. The van der Waals surface area contributed by atoms with E-state index in [1.54, 1.807) is 25.1 Å². The first-order chi connectivity index (χ1) is 16.3. The highest BCUT2D eigenvalue weighted by Crippen LogP contribution is 2.26. The van der Waals surface area contributed by atoms with Gasteiger partial charge in [0.05, 0.1) is 42.9 Å². The molecule has 11 heteroatoms. The molecular weight excluding hydrogens is 478 g/mol. The van der Waals surface area contributed by atoms with Crippen LogP contribution in [-0.2, 0) is 16.1 Å². The number of aromatic nitrogens is 2. The van der Waals surface area contributed by atoms with Gasteiger partial charge in [-0.2, -0.15) is 0 Å². The lowest BCUT2D eigenvalue weighted by atomic mass is 10.2. The lowest BCUT2D eigenvalue weighted by Gasteiger charge is -2.23. The minimum absolute atomic E-state index is 0.202. The molecular formula is C23H27ClN5O4S+. The molecule has 0 spiro atoms. The number of morpholine rings is 1. The molecule has 180 valence electrons. The van der Waals surface area contributed by atoms with Crippen molar-refractivity contribution in [3.05, 3.63) is 55.9 Å². The van der Waals surface area contributed by atoms with Crippen LogP contribution < -0.4 is 21.1 Å². The zero-order valence-electron chi connectivity index (χ0n) is 19.1. The Bertz CT molecular complexity index is 1280. The third-order valence-electron chi connectivity index (χ3n) is 5.86. The number of halogens is 1. The van der Waals surface area contributed by atoms with Crippen LogP contribution >= 0.6 is 22.9 Å². The van der Waals surface area contributed by atoms with E-state index < -0.39 is 0 Å². The lowest BCUT2D eigenvalue weighted by molar-refractivity contribution is -0.906. The average molecular weight is 505 g/mol. The Hall–Kier alpha value is -2.79. The quantitative estimate of drug-likeness (QED) is 0.445. The molecule has 1 aromatic carbocycles. The molecule has 3 aromatic rings. The number of carbonyl (C=O) groups is 2. The standard InChI is InChI=1S/C23H26ClN5O4S/c1-14-3-4-16(11-17(14)24)27-18(30)12-29-13-26-22-19(23(29)32)15(2)20(34-22)21(31)25-5-6-28-7-9-33-10-8-28/h3-4,11,13H,5-10,12H2,1-2H3,(H,25,31)(H,27,30)/p+1. The van der Waals surface area contributed by atoms with Crippen LogP contribution in [0.2, 0.25) is 5.02 Å². The van der Waals surface area contributed by atoms with Crippen molar-refractivity contribution in [2.24, 2.45) is 0 Å². The summed E-state index contributed by atoms with van der Waals surface area (Å²) in [5.41, 5.74) is 1.68. The molecule has 1 saturated heterocycles. The van der Waals surface area contributed by atoms with Crippen LogP contribution in [0.3, 0.4) is 0 Å². The predicted octanol–water partition coefficient (Wildman–Crippen LogP) is 1.01. The van der Waals surface area contributed by atoms with Gasteiger partial charge in [-0.1, -0.05) is 17.7 Å². The summed E-state index contributed by atoms with van der Waals surface area (Å²) in [5, 5.41) is 6.60. The molecule has 0 unspecified atom stereocenters. The molecule has 34 heavy (non-hydrogen) atoms. The topological polar surface area (TPSA) is 107 Å². The van der Waals surface area contributed by atoms with Crippen molar-refractivity contribution in [3.63, 3.8) is 0 Å². The number of ether oxygens (including phenoxy) is 1. The summed E-state index contributed by atoms with van der Waals surface area (Å²) in [6.45, 7) is 8.14. The first-order valence-corrected chi connectivity index (χ1v) is 12.3. The molecule has 9 nitrogen and oxygen atoms in total. The van der Waals surface area contributed by atoms with E-state index in [0.717, 1.165) is 38.4 Å². The SMILES string of the molecule is Cc1ccc(NC(=O)Cn2cnc3sc(C(=O)NCC[NH+]4CCOCC4)c(C)c3c2=O)cc1Cl. The van der Waals surface area contributed by atoms with E-state index in [1.807, 2.05) is 6.92 Å². The third-order valence-corrected chi connectivity index (χ3v) is 7.46. The van der Waals surface area contributed by atoms with Gasteiger partial charge >= 0.3 is 0 Å². The van der Waals surface area contributed by atoms with Crippen molar-refractivity contribution in [1.29, 1.82) is 0 Å². The largest absolute Gasteiger partial charge is 0.370 e. The Balaban J connectivity index is 1.44. The van der Waals surface area contributed by atoms with Gasteiger partial charge in [0, 0.05) is 10.7 Å². The van der Waals surface area contributed by atoms with E-state index in [0.29, 0.717) is 37.9 Å². The Morgan fingerprint density at radius 1 is 1.26 bits per heavy atom. The molecule has 0 aliphatic carbocycles. The number of hydrogen-bond donors (Lipinski definition) is 3. The fourth-order valence-electron chi connectivity index (χ4n) is 3.86. The molecule has 0 radical (unpaired) electrons. The fraction of sp³-hybridized carbons (Fsp3) is 0.391. The van der Waals surface area contributed by atoms with E-state index >= 15 is 0 Å². The molecule has 0 atom stereocenters. The van der Waals surface area contributed by atoms with Gasteiger partial charge < -0.3 is 20.3 Å². The molecule has 2 aromatic heterocycles. The van der Waals surface area contributed by atoms with Crippen LogP contribution in [0, 0.1) is 13.8 Å². The van der Waals surface area contributed by atoms with E-state index in [2.05, 4.69) is 15.6 Å². The maximum atomic E-state index is 13.1. The summed E-state index contributed by atoms with van der Waals surface area (Å²) in [6, 6.07) is 5.21. The van der Waals surface area contributed by atoms with Gasteiger partial charge in [0.25, 0.3) is 11.5 Å². The summed E-state index contributed by atoms with van der Waals surface area (Å²) < 4.78 is 6.60. The number of carbonyl (C=O) groups excluding carboxylic acids is 2. The van der Waals surface area contributed by atoms with Crippen LogP contribution in [0.4, 0.5) is 5.69 Å². The van der Waals surface area contributed by atoms with Crippen LogP contribution in [-0.4, -0.2) is 60.8 Å². The molecule has 1 aliphatic heterocycles. The predicted molar refractivity (Wildman–Crippen MR) is 132 cm³/mol. The van der Waals surface area contributed by atoms with E-state index in [-0.39, 0.29) is 23.9 Å². The van der Waals surface area contributed by atoms with Crippen LogP contribution in [0.15, 0.2) is 29.3 Å². The van der Waals surface area contributed by atoms with Crippen LogP contribution in [0.5, 0.6) is 0 Å². The van der Waals surface area contributed by atoms with Crippen molar-refractivity contribution in [2.75, 3.05) is 44.7 Å². The number of anilines is 1. The number of fused-ring (bicyclic) bond motifs is 1. The van der Waals surface area contributed by atoms with Gasteiger partial charge in [-0.25, -0.2) is 4.98 Å². The molecule has 0 bridgehead atoms. The van der Waals surface area contributed by atoms with Crippen molar-refractivity contribution in [3.8, 4) is 0 Å². The number of aryl methyl sites for hydroxylation is 2. The maximum absolute atomic E-state index is 13.1. The first kappa shape index (κ1) is 24.3.